The molecule has 0 saturated carbocycles. The van der Waals surface area contributed by atoms with E-state index in [4.69, 9.17) is 32.7 Å². The number of halogens is 5. The summed E-state index contributed by atoms with van der Waals surface area (Å²) in [6.07, 6.45) is 2.02. The van der Waals surface area contributed by atoms with Gasteiger partial charge in [-0.1, -0.05) is 0 Å². The summed E-state index contributed by atoms with van der Waals surface area (Å²) in [5.41, 5.74) is 1.15. The molecule has 0 heterocycles. The van der Waals surface area contributed by atoms with E-state index < -0.39 is 0 Å². The maximum atomic E-state index is 6.25. The fourth-order valence-corrected chi connectivity index (χ4v) is 8.10. The third-order valence-electron chi connectivity index (χ3n) is 3.83. The van der Waals surface area contributed by atoms with Crippen LogP contribution in [0.4, 0.5) is 0 Å². The standard InChI is InChI=1S/C21H24Cl2I3O2/c1-4-6-26-19-12-15(23)11-18(25)21(19)28-8-5-7-27-20-16(13(2)3)9-14(22)10-17(20)24/h9-13H,4-8H2,1-3H3/q-1. The van der Waals surface area contributed by atoms with Crippen LogP contribution in [0.2, 0.25) is 10.0 Å². The SMILES string of the molecule is CCC[I-]c1cc(Cl)cc(I)c1OCCCOc1c(I)cc(Cl)cc1C(C)C. The van der Waals surface area contributed by atoms with Gasteiger partial charge in [0, 0.05) is 0 Å². The van der Waals surface area contributed by atoms with Crippen molar-refractivity contribution in [3.05, 3.63) is 50.6 Å². The molecule has 0 aromatic heterocycles. The molecule has 0 radical (unpaired) electrons. The molecule has 0 bridgehead atoms. The Morgan fingerprint density at radius 3 is 2.11 bits per heavy atom. The van der Waals surface area contributed by atoms with Gasteiger partial charge in [-0.2, -0.15) is 0 Å². The molecule has 2 aromatic carbocycles. The van der Waals surface area contributed by atoms with Crippen molar-refractivity contribution in [1.29, 1.82) is 0 Å². The first-order chi connectivity index (χ1) is 13.3. The molecule has 2 nitrogen and oxygen atoms in total. The predicted octanol–water partition coefficient (Wildman–Crippen LogP) is 4.84. The summed E-state index contributed by atoms with van der Waals surface area (Å²) in [5.74, 6) is 2.31. The molecule has 28 heavy (non-hydrogen) atoms. The molecule has 0 unspecified atom stereocenters. The first-order valence-electron chi connectivity index (χ1n) is 9.16. The summed E-state index contributed by atoms with van der Waals surface area (Å²) in [7, 11) is 0. The van der Waals surface area contributed by atoms with Crippen molar-refractivity contribution in [2.45, 2.75) is 39.5 Å². The van der Waals surface area contributed by atoms with Gasteiger partial charge in [0.2, 0.25) is 0 Å². The molecule has 0 saturated heterocycles. The Kier molecular flexibility index (Phi) is 11.3. The van der Waals surface area contributed by atoms with Crippen LogP contribution in [0, 0.1) is 10.7 Å². The Balaban J connectivity index is 1.96. The van der Waals surface area contributed by atoms with Gasteiger partial charge in [0.15, 0.2) is 0 Å². The van der Waals surface area contributed by atoms with Gasteiger partial charge >= 0.3 is 218 Å². The minimum absolute atomic E-state index is 0.0700. The molecule has 0 aliphatic heterocycles. The van der Waals surface area contributed by atoms with Crippen molar-refractivity contribution in [2.75, 3.05) is 17.6 Å². The van der Waals surface area contributed by atoms with Gasteiger partial charge in [-0.15, -0.1) is 0 Å². The molecule has 7 heteroatoms. The van der Waals surface area contributed by atoms with Gasteiger partial charge < -0.3 is 0 Å². The number of rotatable bonds is 10. The van der Waals surface area contributed by atoms with Crippen LogP contribution >= 0.6 is 68.4 Å². The summed E-state index contributed by atoms with van der Waals surface area (Å²) in [5, 5.41) is 1.55. The van der Waals surface area contributed by atoms with E-state index in [-0.39, 0.29) is 21.2 Å². The van der Waals surface area contributed by atoms with Gasteiger partial charge in [0.25, 0.3) is 0 Å². The monoisotopic (exact) mass is 759 g/mol. The predicted molar refractivity (Wildman–Crippen MR) is 132 cm³/mol. The molecule has 0 N–H and O–H groups in total. The van der Waals surface area contributed by atoms with Gasteiger partial charge in [-0.25, -0.2) is 0 Å². The third kappa shape index (κ3) is 7.50. The zero-order valence-electron chi connectivity index (χ0n) is 16.1. The fraction of sp³-hybridized carbons (Fsp3) is 0.429. The molecule has 0 fully saturated rings. The van der Waals surface area contributed by atoms with E-state index in [2.05, 4.69) is 72.0 Å². The number of alkyl halides is 1. The van der Waals surface area contributed by atoms with E-state index in [1.807, 2.05) is 18.2 Å². The molecule has 0 spiro atoms. The molecule has 156 valence electrons. The Hall–Kier alpha value is 0.810. The molecule has 0 amide bonds. The van der Waals surface area contributed by atoms with E-state index in [0.29, 0.717) is 19.1 Å². The average molecular weight is 760 g/mol. The zero-order chi connectivity index (χ0) is 20.7. The molecular weight excluding hydrogens is 736 g/mol. The van der Waals surface area contributed by atoms with E-state index in [1.54, 1.807) is 0 Å². The normalized spacial score (nSPS) is 11.3. The second-order valence-electron chi connectivity index (χ2n) is 6.53. The first kappa shape index (κ1) is 25.1. The second-order valence-corrected chi connectivity index (χ2v) is 12.7. The Morgan fingerprint density at radius 2 is 1.50 bits per heavy atom. The van der Waals surface area contributed by atoms with E-state index in [0.717, 1.165) is 40.7 Å². The van der Waals surface area contributed by atoms with E-state index in [1.165, 1.54) is 14.4 Å². The van der Waals surface area contributed by atoms with Crippen molar-refractivity contribution in [3.8, 4) is 11.5 Å². The van der Waals surface area contributed by atoms with Crippen molar-refractivity contribution >= 4 is 68.4 Å². The van der Waals surface area contributed by atoms with Crippen molar-refractivity contribution in [2.24, 2.45) is 0 Å². The topological polar surface area (TPSA) is 18.5 Å². The van der Waals surface area contributed by atoms with Crippen LogP contribution in [-0.2, 0) is 0 Å². The van der Waals surface area contributed by atoms with Gasteiger partial charge in [-0.05, 0) is 0 Å². The summed E-state index contributed by atoms with van der Waals surface area (Å²) in [4.78, 5) is 0. The van der Waals surface area contributed by atoms with Crippen LogP contribution in [0.15, 0.2) is 24.3 Å². The summed E-state index contributed by atoms with van der Waals surface area (Å²) >= 11 is 17.0. The quantitative estimate of drug-likeness (QED) is 0.196. The Bertz CT molecular complexity index is 798. The number of hydrogen-bond donors (Lipinski definition) is 0. The van der Waals surface area contributed by atoms with Gasteiger partial charge in [0.1, 0.15) is 0 Å². The number of ether oxygens (including phenoxy) is 2. The molecule has 0 atom stereocenters. The Morgan fingerprint density at radius 1 is 0.929 bits per heavy atom. The minimum atomic E-state index is -0.0700. The van der Waals surface area contributed by atoms with E-state index >= 15 is 0 Å². The molecule has 2 aromatic rings. The van der Waals surface area contributed by atoms with Crippen molar-refractivity contribution < 1.29 is 30.7 Å². The molecular formula is C21H24Cl2I3O2-. The Labute approximate surface area is 216 Å². The van der Waals surface area contributed by atoms with E-state index in [9.17, 15) is 0 Å². The number of hydrogen-bond acceptors (Lipinski definition) is 2. The zero-order valence-corrected chi connectivity index (χ0v) is 24.1. The van der Waals surface area contributed by atoms with Crippen LogP contribution in [0.1, 0.15) is 45.1 Å². The van der Waals surface area contributed by atoms with Gasteiger partial charge in [0.05, 0.1) is 0 Å². The average Bonchev–Trinajstić information content (AvgIpc) is 2.62. The second kappa shape index (κ2) is 12.6. The van der Waals surface area contributed by atoms with Crippen LogP contribution in [0.5, 0.6) is 11.5 Å². The summed E-state index contributed by atoms with van der Waals surface area (Å²) < 4.78 is 16.9. The van der Waals surface area contributed by atoms with Crippen LogP contribution in [0.3, 0.4) is 0 Å². The first-order valence-corrected chi connectivity index (χ1v) is 14.7. The van der Waals surface area contributed by atoms with Crippen molar-refractivity contribution in [1.82, 2.24) is 0 Å². The fourth-order valence-electron chi connectivity index (χ4n) is 2.53. The van der Waals surface area contributed by atoms with Crippen molar-refractivity contribution in [3.63, 3.8) is 0 Å². The molecule has 2 rings (SSSR count). The number of benzene rings is 2. The third-order valence-corrected chi connectivity index (χ3v) is 9.11. The van der Waals surface area contributed by atoms with Crippen LogP contribution in [0.25, 0.3) is 0 Å². The van der Waals surface area contributed by atoms with Crippen LogP contribution in [-0.4, -0.2) is 17.6 Å². The summed E-state index contributed by atoms with van der Waals surface area (Å²) in [6.45, 7) is 7.77. The van der Waals surface area contributed by atoms with Gasteiger partial charge in [-0.3, -0.25) is 0 Å². The summed E-state index contributed by atoms with van der Waals surface area (Å²) in [6, 6.07) is 7.99. The molecule has 0 aliphatic carbocycles. The molecule has 0 aliphatic rings. The maximum absolute atomic E-state index is 6.25. The van der Waals surface area contributed by atoms with Crippen LogP contribution < -0.4 is 30.7 Å².